The van der Waals surface area contributed by atoms with Crippen LogP contribution in [-0.4, -0.2) is 21.0 Å². The van der Waals surface area contributed by atoms with Gasteiger partial charge in [-0.15, -0.1) is 0 Å². The molecular weight excluding hydrogens is 236 g/mol. The van der Waals surface area contributed by atoms with Crippen LogP contribution in [-0.2, 0) is 6.54 Å². The second kappa shape index (κ2) is 5.53. The Morgan fingerprint density at radius 3 is 2.95 bits per heavy atom. The predicted molar refractivity (Wildman–Crippen MR) is 75.0 cm³/mol. The molecular formula is C15H20N4. The van der Waals surface area contributed by atoms with Gasteiger partial charge in [0.1, 0.15) is 0 Å². The zero-order valence-electron chi connectivity index (χ0n) is 11.3. The van der Waals surface area contributed by atoms with Crippen LogP contribution in [0.15, 0.2) is 36.5 Å². The van der Waals surface area contributed by atoms with Gasteiger partial charge in [-0.1, -0.05) is 31.5 Å². The van der Waals surface area contributed by atoms with Gasteiger partial charge in [-0.2, -0.15) is 15.0 Å². The fourth-order valence-electron chi connectivity index (χ4n) is 2.48. The summed E-state index contributed by atoms with van der Waals surface area (Å²) in [4.78, 5) is 1.69. The van der Waals surface area contributed by atoms with Crippen LogP contribution in [0, 0.1) is 5.92 Å². The van der Waals surface area contributed by atoms with Crippen molar-refractivity contribution in [3.63, 3.8) is 0 Å². The molecule has 2 aromatic rings. The zero-order valence-corrected chi connectivity index (χ0v) is 11.3. The number of nitrogens with one attached hydrogen (secondary N) is 1. The van der Waals surface area contributed by atoms with Crippen LogP contribution in [0.25, 0.3) is 5.69 Å². The second-order valence-corrected chi connectivity index (χ2v) is 5.23. The van der Waals surface area contributed by atoms with Crippen LogP contribution in [0.2, 0.25) is 0 Å². The number of benzene rings is 1. The molecule has 1 heterocycles. The van der Waals surface area contributed by atoms with Gasteiger partial charge in [0.2, 0.25) is 0 Å². The highest BCUT2D eigenvalue weighted by atomic mass is 15.5. The summed E-state index contributed by atoms with van der Waals surface area (Å²) in [5, 5.41) is 12.4. The number of nitrogens with zero attached hydrogens (tertiary/aromatic N) is 3. The van der Waals surface area contributed by atoms with Crippen LogP contribution in [0.4, 0.5) is 0 Å². The van der Waals surface area contributed by atoms with Gasteiger partial charge in [-0.3, -0.25) is 0 Å². The summed E-state index contributed by atoms with van der Waals surface area (Å²) < 4.78 is 0. The zero-order chi connectivity index (χ0) is 13.1. The molecule has 1 fully saturated rings. The Morgan fingerprint density at radius 1 is 1.32 bits per heavy atom. The first-order valence-electron chi connectivity index (χ1n) is 7.07. The molecule has 3 rings (SSSR count). The maximum atomic E-state index is 4.49. The molecule has 1 N–H and O–H groups in total. The van der Waals surface area contributed by atoms with E-state index in [-0.39, 0.29) is 0 Å². The molecule has 19 heavy (non-hydrogen) atoms. The van der Waals surface area contributed by atoms with E-state index in [4.69, 9.17) is 0 Å². The van der Waals surface area contributed by atoms with Gasteiger partial charge in [-0.05, 0) is 30.9 Å². The number of rotatable bonds is 6. The highest BCUT2D eigenvalue weighted by Gasteiger charge is 2.35. The van der Waals surface area contributed by atoms with Gasteiger partial charge in [0.05, 0.1) is 17.6 Å². The van der Waals surface area contributed by atoms with Crippen molar-refractivity contribution in [3.8, 4) is 5.69 Å². The molecule has 1 aromatic heterocycles. The lowest BCUT2D eigenvalue weighted by Crippen LogP contribution is -2.18. The summed E-state index contributed by atoms with van der Waals surface area (Å²) in [6.07, 6.45) is 5.79. The highest BCUT2D eigenvalue weighted by molar-refractivity contribution is 5.28. The highest BCUT2D eigenvalue weighted by Crippen LogP contribution is 2.34. The molecule has 0 spiro atoms. The third kappa shape index (κ3) is 3.01. The SMILES string of the molecule is CCCC1CC1NCc1cnn(-c2ccccc2)n1. The molecule has 2 atom stereocenters. The Labute approximate surface area is 113 Å². The van der Waals surface area contributed by atoms with E-state index in [1.54, 1.807) is 4.80 Å². The van der Waals surface area contributed by atoms with Crippen molar-refractivity contribution < 1.29 is 0 Å². The molecule has 0 amide bonds. The molecule has 4 heteroatoms. The van der Waals surface area contributed by atoms with E-state index in [9.17, 15) is 0 Å². The number of hydrogen-bond donors (Lipinski definition) is 1. The smallest absolute Gasteiger partial charge is 0.0969 e. The van der Waals surface area contributed by atoms with Gasteiger partial charge >= 0.3 is 0 Å². The summed E-state index contributed by atoms with van der Waals surface area (Å²) in [5.74, 6) is 0.883. The predicted octanol–water partition coefficient (Wildman–Crippen LogP) is 2.55. The molecule has 0 bridgehead atoms. The van der Waals surface area contributed by atoms with Crippen molar-refractivity contribution in [2.75, 3.05) is 0 Å². The topological polar surface area (TPSA) is 42.7 Å². The molecule has 1 saturated carbocycles. The molecule has 2 unspecified atom stereocenters. The van der Waals surface area contributed by atoms with E-state index in [2.05, 4.69) is 22.4 Å². The van der Waals surface area contributed by atoms with Crippen molar-refractivity contribution in [2.24, 2.45) is 5.92 Å². The Bertz CT molecular complexity index is 520. The first-order chi connectivity index (χ1) is 9.36. The van der Waals surface area contributed by atoms with E-state index < -0.39 is 0 Å². The Morgan fingerprint density at radius 2 is 2.16 bits per heavy atom. The van der Waals surface area contributed by atoms with Gasteiger partial charge in [-0.25, -0.2) is 0 Å². The Balaban J connectivity index is 1.55. The minimum Gasteiger partial charge on any atom is -0.308 e. The lowest BCUT2D eigenvalue weighted by Gasteiger charge is -2.01. The third-order valence-electron chi connectivity index (χ3n) is 3.65. The maximum absolute atomic E-state index is 4.49. The molecule has 4 nitrogen and oxygen atoms in total. The molecule has 0 radical (unpaired) electrons. The first-order valence-corrected chi connectivity index (χ1v) is 7.07. The number of hydrogen-bond acceptors (Lipinski definition) is 3. The van der Waals surface area contributed by atoms with E-state index >= 15 is 0 Å². The summed E-state index contributed by atoms with van der Waals surface area (Å²) >= 11 is 0. The monoisotopic (exact) mass is 256 g/mol. The van der Waals surface area contributed by atoms with E-state index in [0.717, 1.165) is 23.8 Å². The summed E-state index contributed by atoms with van der Waals surface area (Å²) in [5.41, 5.74) is 2.01. The largest absolute Gasteiger partial charge is 0.308 e. The van der Waals surface area contributed by atoms with Crippen LogP contribution < -0.4 is 5.32 Å². The summed E-state index contributed by atoms with van der Waals surface area (Å²) in [6.45, 7) is 3.07. The lowest BCUT2D eigenvalue weighted by molar-refractivity contribution is 0.590. The fourth-order valence-corrected chi connectivity index (χ4v) is 2.48. The first kappa shape index (κ1) is 12.4. The lowest BCUT2D eigenvalue weighted by atomic mass is 10.2. The average molecular weight is 256 g/mol. The van der Waals surface area contributed by atoms with E-state index in [0.29, 0.717) is 6.04 Å². The van der Waals surface area contributed by atoms with Crippen LogP contribution in [0.3, 0.4) is 0 Å². The molecule has 1 aliphatic carbocycles. The van der Waals surface area contributed by atoms with Crippen LogP contribution >= 0.6 is 0 Å². The van der Waals surface area contributed by atoms with Crippen molar-refractivity contribution in [3.05, 3.63) is 42.2 Å². The molecule has 1 aromatic carbocycles. The standard InChI is InChI=1S/C15H20N4/c1-2-6-12-9-15(12)16-10-13-11-17-19(18-13)14-7-4-3-5-8-14/h3-5,7-8,11-12,15-16H,2,6,9-10H2,1H3. The van der Waals surface area contributed by atoms with Crippen LogP contribution in [0.1, 0.15) is 31.9 Å². The van der Waals surface area contributed by atoms with Gasteiger partial charge in [0.15, 0.2) is 0 Å². The summed E-state index contributed by atoms with van der Waals surface area (Å²) in [6, 6.07) is 10.7. The van der Waals surface area contributed by atoms with E-state index in [1.807, 2.05) is 36.5 Å². The number of aromatic nitrogens is 3. The van der Waals surface area contributed by atoms with Crippen molar-refractivity contribution in [1.29, 1.82) is 0 Å². The minimum absolute atomic E-state index is 0.696. The van der Waals surface area contributed by atoms with Crippen molar-refractivity contribution in [2.45, 2.75) is 38.8 Å². The quantitative estimate of drug-likeness (QED) is 0.863. The average Bonchev–Trinajstić information content (AvgIpc) is 3.02. The molecule has 0 saturated heterocycles. The second-order valence-electron chi connectivity index (χ2n) is 5.23. The van der Waals surface area contributed by atoms with Crippen LogP contribution in [0.5, 0.6) is 0 Å². The van der Waals surface area contributed by atoms with Gasteiger partial charge < -0.3 is 5.32 Å². The van der Waals surface area contributed by atoms with Gasteiger partial charge in [0, 0.05) is 12.6 Å². The Kier molecular flexibility index (Phi) is 3.60. The molecule has 1 aliphatic rings. The van der Waals surface area contributed by atoms with Gasteiger partial charge in [0.25, 0.3) is 0 Å². The van der Waals surface area contributed by atoms with E-state index in [1.165, 1.54) is 19.3 Å². The van der Waals surface area contributed by atoms with Crippen molar-refractivity contribution in [1.82, 2.24) is 20.3 Å². The Hall–Kier alpha value is -1.68. The molecule has 0 aliphatic heterocycles. The number of para-hydroxylation sites is 1. The normalized spacial score (nSPS) is 21.5. The molecule has 100 valence electrons. The summed E-state index contributed by atoms with van der Waals surface area (Å²) in [7, 11) is 0. The van der Waals surface area contributed by atoms with Crippen molar-refractivity contribution >= 4 is 0 Å². The third-order valence-corrected chi connectivity index (χ3v) is 3.65. The minimum atomic E-state index is 0.696. The maximum Gasteiger partial charge on any atom is 0.0969 e. The fraction of sp³-hybridized carbons (Fsp3) is 0.467.